The van der Waals surface area contributed by atoms with Gasteiger partial charge in [0.25, 0.3) is 0 Å². The van der Waals surface area contributed by atoms with Crippen LogP contribution in [0.5, 0.6) is 0 Å². The average Bonchev–Trinajstić information content (AvgIpc) is 2.38. The second-order valence-electron chi connectivity index (χ2n) is 4.41. The third-order valence-electron chi connectivity index (χ3n) is 3.20. The maximum atomic E-state index is 6.03. The molecule has 1 aliphatic heterocycles. The van der Waals surface area contributed by atoms with Crippen LogP contribution < -0.4 is 5.32 Å². The van der Waals surface area contributed by atoms with Crippen molar-refractivity contribution in [2.45, 2.75) is 12.8 Å². The molecule has 0 saturated heterocycles. The van der Waals surface area contributed by atoms with Gasteiger partial charge in [0.05, 0.1) is 0 Å². The van der Waals surface area contributed by atoms with Gasteiger partial charge in [0.2, 0.25) is 0 Å². The molecule has 3 rings (SSSR count). The predicted octanol–water partition coefficient (Wildman–Crippen LogP) is 4.79. The van der Waals surface area contributed by atoms with Crippen molar-refractivity contribution in [2.24, 2.45) is 0 Å². The number of anilines is 1. The van der Waals surface area contributed by atoms with Gasteiger partial charge in [-0.2, -0.15) is 0 Å². The predicted molar refractivity (Wildman–Crippen MR) is 80.9 cm³/mol. The lowest BCUT2D eigenvalue weighted by Gasteiger charge is -2.18. The summed E-state index contributed by atoms with van der Waals surface area (Å²) in [5.41, 5.74) is 5.12. The highest BCUT2D eigenvalue weighted by atomic mass is 35.5. The highest BCUT2D eigenvalue weighted by Crippen LogP contribution is 2.29. The summed E-state index contributed by atoms with van der Waals surface area (Å²) < 4.78 is 0. The molecule has 0 saturated carbocycles. The first-order chi connectivity index (χ1) is 8.33. The molecule has 3 heteroatoms. The van der Waals surface area contributed by atoms with E-state index in [9.17, 15) is 0 Å². The fourth-order valence-corrected chi connectivity index (χ4v) is 2.51. The minimum Gasteiger partial charge on any atom is -0.385 e. The van der Waals surface area contributed by atoms with Crippen molar-refractivity contribution < 1.29 is 0 Å². The molecule has 1 N–H and O–H groups in total. The molecule has 0 aliphatic carbocycles. The first-order valence-corrected chi connectivity index (χ1v) is 6.33. The van der Waals surface area contributed by atoms with Crippen molar-refractivity contribution in [3.8, 4) is 11.1 Å². The van der Waals surface area contributed by atoms with Gasteiger partial charge in [-0.05, 0) is 53.8 Å². The summed E-state index contributed by atoms with van der Waals surface area (Å²) >= 11 is 6.03. The molecule has 2 aromatic rings. The first-order valence-electron chi connectivity index (χ1n) is 5.96. The van der Waals surface area contributed by atoms with Gasteiger partial charge in [0, 0.05) is 17.3 Å². The van der Waals surface area contributed by atoms with Crippen LogP contribution in [0, 0.1) is 0 Å². The number of fused-ring (bicyclic) bond motifs is 1. The Bertz CT molecular complexity index is 552. The minimum atomic E-state index is 0. The van der Waals surface area contributed by atoms with Crippen molar-refractivity contribution in [1.82, 2.24) is 0 Å². The Labute approximate surface area is 119 Å². The monoisotopic (exact) mass is 279 g/mol. The van der Waals surface area contributed by atoms with E-state index in [4.69, 9.17) is 11.6 Å². The van der Waals surface area contributed by atoms with Crippen molar-refractivity contribution in [3.63, 3.8) is 0 Å². The normalized spacial score (nSPS) is 13.2. The van der Waals surface area contributed by atoms with Crippen LogP contribution >= 0.6 is 24.0 Å². The molecule has 18 heavy (non-hydrogen) atoms. The molecule has 0 atom stereocenters. The Morgan fingerprint density at radius 3 is 2.67 bits per heavy atom. The maximum Gasteiger partial charge on any atom is 0.0412 e. The van der Waals surface area contributed by atoms with Gasteiger partial charge in [-0.1, -0.05) is 29.8 Å². The summed E-state index contributed by atoms with van der Waals surface area (Å²) in [5, 5.41) is 4.22. The van der Waals surface area contributed by atoms with Crippen LogP contribution in [0.2, 0.25) is 5.02 Å². The molecule has 0 radical (unpaired) electrons. The van der Waals surface area contributed by atoms with E-state index in [1.807, 2.05) is 18.2 Å². The van der Waals surface area contributed by atoms with Crippen molar-refractivity contribution in [2.75, 3.05) is 11.9 Å². The van der Waals surface area contributed by atoms with Gasteiger partial charge in [-0.3, -0.25) is 0 Å². The number of nitrogens with one attached hydrogen (secondary N) is 1. The second-order valence-corrected chi connectivity index (χ2v) is 4.85. The molecule has 0 bridgehead atoms. The highest BCUT2D eigenvalue weighted by Gasteiger charge is 2.09. The van der Waals surface area contributed by atoms with Gasteiger partial charge in [-0.25, -0.2) is 0 Å². The largest absolute Gasteiger partial charge is 0.385 e. The van der Waals surface area contributed by atoms with Crippen LogP contribution in [0.4, 0.5) is 5.69 Å². The number of hydrogen-bond acceptors (Lipinski definition) is 1. The molecule has 2 aromatic carbocycles. The van der Waals surface area contributed by atoms with Crippen LogP contribution in [0.15, 0.2) is 42.5 Å². The Morgan fingerprint density at radius 1 is 1.00 bits per heavy atom. The van der Waals surface area contributed by atoms with Crippen LogP contribution in [0.25, 0.3) is 11.1 Å². The zero-order chi connectivity index (χ0) is 11.7. The first kappa shape index (κ1) is 13.3. The van der Waals surface area contributed by atoms with Crippen molar-refractivity contribution in [1.29, 1.82) is 0 Å². The Morgan fingerprint density at radius 2 is 1.83 bits per heavy atom. The maximum absolute atomic E-state index is 6.03. The third-order valence-corrected chi connectivity index (χ3v) is 3.44. The summed E-state index contributed by atoms with van der Waals surface area (Å²) in [6.45, 7) is 1.09. The quantitative estimate of drug-likeness (QED) is 0.792. The van der Waals surface area contributed by atoms with Gasteiger partial charge in [0.1, 0.15) is 0 Å². The van der Waals surface area contributed by atoms with Gasteiger partial charge >= 0.3 is 0 Å². The lowest BCUT2D eigenvalue weighted by atomic mass is 9.97. The standard InChI is InChI=1S/C15H14ClN.ClH/c16-14-5-1-3-11(10-14)12-6-7-15-13(9-12)4-2-8-17-15;/h1,3,5-7,9-10,17H,2,4,8H2;1H. The fraction of sp³-hybridized carbons (Fsp3) is 0.200. The number of aryl methyl sites for hydroxylation is 1. The van der Waals surface area contributed by atoms with E-state index < -0.39 is 0 Å². The molecular weight excluding hydrogens is 265 g/mol. The van der Waals surface area contributed by atoms with Gasteiger partial charge in [-0.15, -0.1) is 12.4 Å². The second kappa shape index (κ2) is 5.64. The SMILES string of the molecule is Cl.Clc1cccc(-c2ccc3c(c2)CCCN3)c1. The van der Waals surface area contributed by atoms with E-state index in [0.717, 1.165) is 18.0 Å². The van der Waals surface area contributed by atoms with E-state index in [2.05, 4.69) is 29.6 Å². The molecule has 0 fully saturated rings. The average molecular weight is 280 g/mol. The fourth-order valence-electron chi connectivity index (χ4n) is 2.32. The van der Waals surface area contributed by atoms with Crippen molar-refractivity contribution >= 4 is 29.7 Å². The summed E-state index contributed by atoms with van der Waals surface area (Å²) in [6, 6.07) is 14.6. The minimum absolute atomic E-state index is 0. The molecule has 0 aromatic heterocycles. The van der Waals surface area contributed by atoms with Crippen LogP contribution in [-0.4, -0.2) is 6.54 Å². The Hall–Kier alpha value is -1.18. The van der Waals surface area contributed by atoms with Gasteiger partial charge in [0.15, 0.2) is 0 Å². The van der Waals surface area contributed by atoms with E-state index in [1.54, 1.807) is 0 Å². The third kappa shape index (κ3) is 2.63. The van der Waals surface area contributed by atoms with Gasteiger partial charge < -0.3 is 5.32 Å². The van der Waals surface area contributed by atoms with E-state index >= 15 is 0 Å². The summed E-state index contributed by atoms with van der Waals surface area (Å²) in [5.74, 6) is 0. The smallest absolute Gasteiger partial charge is 0.0412 e. The summed E-state index contributed by atoms with van der Waals surface area (Å²) in [4.78, 5) is 0. The number of halogens is 2. The Balaban J connectivity index is 0.00000120. The summed E-state index contributed by atoms with van der Waals surface area (Å²) in [6.07, 6.45) is 2.38. The van der Waals surface area contributed by atoms with E-state index in [0.29, 0.717) is 0 Å². The highest BCUT2D eigenvalue weighted by molar-refractivity contribution is 6.30. The molecule has 1 aliphatic rings. The summed E-state index contributed by atoms with van der Waals surface area (Å²) in [7, 11) is 0. The molecule has 1 nitrogen and oxygen atoms in total. The molecule has 1 heterocycles. The molecule has 0 amide bonds. The number of rotatable bonds is 1. The number of benzene rings is 2. The van der Waals surface area contributed by atoms with Crippen molar-refractivity contribution in [3.05, 3.63) is 53.1 Å². The molecular formula is C15H15Cl2N. The van der Waals surface area contributed by atoms with Crippen LogP contribution in [-0.2, 0) is 6.42 Å². The topological polar surface area (TPSA) is 12.0 Å². The zero-order valence-corrected chi connectivity index (χ0v) is 11.5. The number of hydrogen-bond donors (Lipinski definition) is 1. The lowest BCUT2D eigenvalue weighted by molar-refractivity contribution is 0.830. The molecule has 0 spiro atoms. The molecule has 0 unspecified atom stereocenters. The zero-order valence-electron chi connectivity index (χ0n) is 9.95. The lowest BCUT2D eigenvalue weighted by Crippen LogP contribution is -2.11. The van der Waals surface area contributed by atoms with Crippen LogP contribution in [0.3, 0.4) is 0 Å². The van der Waals surface area contributed by atoms with E-state index in [-0.39, 0.29) is 12.4 Å². The Kier molecular flexibility index (Phi) is 4.15. The molecule has 94 valence electrons. The van der Waals surface area contributed by atoms with Crippen LogP contribution in [0.1, 0.15) is 12.0 Å². The van der Waals surface area contributed by atoms with E-state index in [1.165, 1.54) is 28.8 Å².